The number of esters is 1. The standard InChI is InChI=1S/C19H17NO4/c1-5-6-23-19(22)13-9-15-16(21)14-8-10(2)7-11(3)17(14)24-18(15)20-12(13)4/h5,7-9H,1,6H2,2-4H3. The summed E-state index contributed by atoms with van der Waals surface area (Å²) in [5.74, 6) is -0.540. The van der Waals surface area contributed by atoms with Crippen molar-refractivity contribution in [3.63, 3.8) is 0 Å². The van der Waals surface area contributed by atoms with E-state index in [0.29, 0.717) is 16.7 Å². The van der Waals surface area contributed by atoms with Crippen LogP contribution in [0.1, 0.15) is 27.2 Å². The zero-order valence-electron chi connectivity index (χ0n) is 13.8. The Labute approximate surface area is 138 Å². The number of aryl methyl sites for hydroxylation is 3. The molecule has 24 heavy (non-hydrogen) atoms. The molecule has 0 unspecified atom stereocenters. The van der Waals surface area contributed by atoms with Crippen molar-refractivity contribution < 1.29 is 13.9 Å². The molecule has 5 nitrogen and oxygen atoms in total. The number of hydrogen-bond acceptors (Lipinski definition) is 5. The van der Waals surface area contributed by atoms with Crippen LogP contribution in [0, 0.1) is 20.8 Å². The molecule has 0 atom stereocenters. The van der Waals surface area contributed by atoms with E-state index in [-0.39, 0.29) is 28.7 Å². The van der Waals surface area contributed by atoms with Gasteiger partial charge in [-0.05, 0) is 44.0 Å². The van der Waals surface area contributed by atoms with Crippen molar-refractivity contribution in [2.75, 3.05) is 6.61 Å². The molecule has 0 aliphatic heterocycles. The summed E-state index contributed by atoms with van der Waals surface area (Å²) in [6.07, 6.45) is 1.48. The zero-order valence-corrected chi connectivity index (χ0v) is 13.8. The van der Waals surface area contributed by atoms with E-state index in [1.165, 1.54) is 12.1 Å². The van der Waals surface area contributed by atoms with Crippen molar-refractivity contribution in [2.24, 2.45) is 0 Å². The third-order valence-electron chi connectivity index (χ3n) is 3.84. The highest BCUT2D eigenvalue weighted by molar-refractivity contribution is 5.96. The fraction of sp³-hybridized carbons (Fsp3) is 0.211. The van der Waals surface area contributed by atoms with Crippen molar-refractivity contribution in [1.82, 2.24) is 4.98 Å². The van der Waals surface area contributed by atoms with Crippen molar-refractivity contribution >= 4 is 28.0 Å². The number of fused-ring (bicyclic) bond motifs is 2. The lowest BCUT2D eigenvalue weighted by molar-refractivity contribution is 0.0548. The van der Waals surface area contributed by atoms with Crippen LogP contribution in [0.25, 0.3) is 22.1 Å². The lowest BCUT2D eigenvalue weighted by Gasteiger charge is -2.08. The van der Waals surface area contributed by atoms with Crippen LogP contribution in [0.4, 0.5) is 0 Å². The second kappa shape index (κ2) is 5.92. The van der Waals surface area contributed by atoms with E-state index in [9.17, 15) is 9.59 Å². The van der Waals surface area contributed by atoms with Gasteiger partial charge in [0, 0.05) is 0 Å². The SMILES string of the molecule is C=CCOC(=O)c1cc2c(=O)c3cc(C)cc(C)c3oc2nc1C. The molecule has 2 heterocycles. The first kappa shape index (κ1) is 15.9. The van der Waals surface area contributed by atoms with Gasteiger partial charge >= 0.3 is 5.97 Å². The van der Waals surface area contributed by atoms with Crippen molar-refractivity contribution in [3.8, 4) is 0 Å². The van der Waals surface area contributed by atoms with Crippen molar-refractivity contribution in [1.29, 1.82) is 0 Å². The van der Waals surface area contributed by atoms with Crippen LogP contribution in [0.5, 0.6) is 0 Å². The normalized spacial score (nSPS) is 11.0. The smallest absolute Gasteiger partial charge is 0.340 e. The number of nitrogens with zero attached hydrogens (tertiary/aromatic N) is 1. The number of pyridine rings is 1. The number of hydrogen-bond donors (Lipinski definition) is 0. The van der Waals surface area contributed by atoms with Crippen LogP contribution in [-0.4, -0.2) is 17.6 Å². The third-order valence-corrected chi connectivity index (χ3v) is 3.84. The minimum Gasteiger partial charge on any atom is -0.458 e. The Morgan fingerprint density at radius 2 is 2.00 bits per heavy atom. The predicted molar refractivity (Wildman–Crippen MR) is 92.5 cm³/mol. The second-order valence-corrected chi connectivity index (χ2v) is 5.75. The molecule has 0 bridgehead atoms. The van der Waals surface area contributed by atoms with Gasteiger partial charge in [0.2, 0.25) is 11.1 Å². The molecular weight excluding hydrogens is 306 g/mol. The van der Waals surface area contributed by atoms with Crippen molar-refractivity contribution in [3.05, 3.63) is 63.5 Å². The molecule has 2 aromatic heterocycles. The van der Waals surface area contributed by atoms with E-state index in [2.05, 4.69) is 11.6 Å². The summed E-state index contributed by atoms with van der Waals surface area (Å²) in [5.41, 5.74) is 3.08. The first-order valence-corrected chi connectivity index (χ1v) is 7.56. The zero-order chi connectivity index (χ0) is 17.4. The fourth-order valence-corrected chi connectivity index (χ4v) is 2.74. The maximum Gasteiger partial charge on any atom is 0.340 e. The van der Waals surface area contributed by atoms with Gasteiger partial charge in [-0.25, -0.2) is 9.78 Å². The fourth-order valence-electron chi connectivity index (χ4n) is 2.74. The molecule has 5 heteroatoms. The number of aromatic nitrogens is 1. The molecule has 0 N–H and O–H groups in total. The Balaban J connectivity index is 2.31. The Hall–Kier alpha value is -2.95. The average Bonchev–Trinajstić information content (AvgIpc) is 2.53. The molecule has 122 valence electrons. The van der Waals surface area contributed by atoms with Gasteiger partial charge in [-0.2, -0.15) is 0 Å². The molecule has 1 aromatic carbocycles. The van der Waals surface area contributed by atoms with E-state index in [4.69, 9.17) is 9.15 Å². The van der Waals surface area contributed by atoms with Gasteiger partial charge in [0.1, 0.15) is 12.2 Å². The topological polar surface area (TPSA) is 69.4 Å². The van der Waals surface area contributed by atoms with E-state index in [0.717, 1.165) is 11.1 Å². The summed E-state index contributed by atoms with van der Waals surface area (Å²) < 4.78 is 10.9. The summed E-state index contributed by atoms with van der Waals surface area (Å²) >= 11 is 0. The second-order valence-electron chi connectivity index (χ2n) is 5.75. The summed E-state index contributed by atoms with van der Waals surface area (Å²) in [6.45, 7) is 9.09. The van der Waals surface area contributed by atoms with E-state index >= 15 is 0 Å². The van der Waals surface area contributed by atoms with Gasteiger partial charge in [-0.1, -0.05) is 18.7 Å². The quantitative estimate of drug-likeness (QED) is 0.418. The summed E-state index contributed by atoms with van der Waals surface area (Å²) in [7, 11) is 0. The lowest BCUT2D eigenvalue weighted by atomic mass is 10.1. The molecule has 3 rings (SSSR count). The van der Waals surface area contributed by atoms with Gasteiger partial charge in [0.15, 0.2) is 0 Å². The van der Waals surface area contributed by atoms with Crippen LogP contribution in [0.2, 0.25) is 0 Å². The number of benzene rings is 1. The molecule has 3 aromatic rings. The molecule has 0 fully saturated rings. The minimum absolute atomic E-state index is 0.0982. The predicted octanol–water partition coefficient (Wildman–Crippen LogP) is 3.61. The molecule has 0 aliphatic rings. The summed E-state index contributed by atoms with van der Waals surface area (Å²) in [4.78, 5) is 29.2. The Kier molecular flexibility index (Phi) is 3.93. The van der Waals surface area contributed by atoms with Crippen LogP contribution < -0.4 is 5.43 Å². The molecule has 0 radical (unpaired) electrons. The first-order valence-electron chi connectivity index (χ1n) is 7.56. The highest BCUT2D eigenvalue weighted by atomic mass is 16.5. The molecular formula is C19H17NO4. The van der Waals surface area contributed by atoms with E-state index < -0.39 is 5.97 Å². The monoisotopic (exact) mass is 323 g/mol. The third kappa shape index (κ3) is 2.58. The maximum atomic E-state index is 12.8. The average molecular weight is 323 g/mol. The van der Waals surface area contributed by atoms with E-state index in [1.54, 1.807) is 13.0 Å². The van der Waals surface area contributed by atoms with Gasteiger partial charge in [0.25, 0.3) is 0 Å². The maximum absolute atomic E-state index is 12.8. The van der Waals surface area contributed by atoms with Crippen LogP contribution in [0.3, 0.4) is 0 Å². The minimum atomic E-state index is -0.540. The molecule has 0 saturated carbocycles. The highest BCUT2D eigenvalue weighted by Gasteiger charge is 2.17. The molecule has 0 saturated heterocycles. The lowest BCUT2D eigenvalue weighted by Crippen LogP contribution is -2.11. The van der Waals surface area contributed by atoms with Gasteiger partial charge in [-0.15, -0.1) is 0 Å². The van der Waals surface area contributed by atoms with Crippen LogP contribution in [0.15, 0.2) is 40.1 Å². The first-order chi connectivity index (χ1) is 11.4. The number of carbonyl (C=O) groups is 1. The summed E-state index contributed by atoms with van der Waals surface area (Å²) in [6, 6.07) is 5.22. The summed E-state index contributed by atoms with van der Waals surface area (Å²) in [5, 5.41) is 0.750. The van der Waals surface area contributed by atoms with Crippen LogP contribution >= 0.6 is 0 Å². The Morgan fingerprint density at radius 1 is 1.25 bits per heavy atom. The van der Waals surface area contributed by atoms with Gasteiger partial charge in [-0.3, -0.25) is 4.79 Å². The number of rotatable bonds is 3. The van der Waals surface area contributed by atoms with Crippen LogP contribution in [-0.2, 0) is 4.74 Å². The highest BCUT2D eigenvalue weighted by Crippen LogP contribution is 2.23. The van der Waals surface area contributed by atoms with Gasteiger partial charge in [0.05, 0.1) is 22.0 Å². The molecule has 0 spiro atoms. The molecule has 0 amide bonds. The van der Waals surface area contributed by atoms with Gasteiger partial charge < -0.3 is 9.15 Å². The molecule has 0 aliphatic carbocycles. The largest absolute Gasteiger partial charge is 0.458 e. The Morgan fingerprint density at radius 3 is 2.71 bits per heavy atom. The number of carbonyl (C=O) groups excluding carboxylic acids is 1. The Bertz CT molecular complexity index is 1050. The van der Waals surface area contributed by atoms with E-state index in [1.807, 2.05) is 19.9 Å². The van der Waals surface area contributed by atoms with Crippen molar-refractivity contribution in [2.45, 2.75) is 20.8 Å². The number of ether oxygens (including phenoxy) is 1.